The lowest BCUT2D eigenvalue weighted by Crippen LogP contribution is -2.46. The van der Waals surface area contributed by atoms with Crippen molar-refractivity contribution in [3.05, 3.63) is 60.2 Å². The summed E-state index contributed by atoms with van der Waals surface area (Å²) in [7, 11) is 0. The van der Waals surface area contributed by atoms with Crippen LogP contribution in [0, 0.1) is 35.4 Å². The van der Waals surface area contributed by atoms with Gasteiger partial charge in [0.05, 0.1) is 11.6 Å². The number of pyridine rings is 1. The van der Waals surface area contributed by atoms with Crippen molar-refractivity contribution in [1.29, 1.82) is 0 Å². The number of nitrogens with zero attached hydrogens (tertiary/aromatic N) is 1. The molecule has 4 nitrogen and oxygen atoms in total. The van der Waals surface area contributed by atoms with Crippen molar-refractivity contribution in [3.63, 3.8) is 0 Å². The maximum atomic E-state index is 13.5. The number of halogens is 1. The highest BCUT2D eigenvalue weighted by atomic mass is 19.1. The van der Waals surface area contributed by atoms with E-state index in [-0.39, 0.29) is 35.8 Å². The Kier molecular flexibility index (Phi) is 5.39. The average molecular weight is 421 g/mol. The van der Waals surface area contributed by atoms with E-state index in [0.29, 0.717) is 17.8 Å². The molecule has 5 rings (SSSR count). The van der Waals surface area contributed by atoms with Crippen molar-refractivity contribution in [2.45, 2.75) is 44.8 Å². The molecule has 1 saturated heterocycles. The van der Waals surface area contributed by atoms with Crippen molar-refractivity contribution < 1.29 is 13.9 Å². The van der Waals surface area contributed by atoms with Crippen LogP contribution >= 0.6 is 0 Å². The Bertz CT molecular complexity index is 989. The van der Waals surface area contributed by atoms with E-state index in [1.54, 1.807) is 12.3 Å². The number of ether oxygens (including phenoxy) is 1. The fourth-order valence-corrected chi connectivity index (χ4v) is 6.20. The minimum atomic E-state index is -0.252. The van der Waals surface area contributed by atoms with Gasteiger partial charge in [-0.15, -0.1) is 0 Å². The number of hydrogen-bond donors (Lipinski definition) is 1. The molecule has 31 heavy (non-hydrogen) atoms. The van der Waals surface area contributed by atoms with E-state index in [0.717, 1.165) is 42.5 Å². The fourth-order valence-electron chi connectivity index (χ4n) is 6.20. The maximum Gasteiger partial charge on any atom is 0.309 e. The number of aromatic nitrogens is 1. The summed E-state index contributed by atoms with van der Waals surface area (Å²) in [5.74, 6) is 1.25. The van der Waals surface area contributed by atoms with Gasteiger partial charge in [-0.3, -0.25) is 9.78 Å². The van der Waals surface area contributed by atoms with Gasteiger partial charge in [-0.1, -0.05) is 24.3 Å². The van der Waals surface area contributed by atoms with Crippen LogP contribution in [0.3, 0.4) is 0 Å². The second-order valence-corrected chi connectivity index (χ2v) is 9.48. The van der Waals surface area contributed by atoms with Crippen molar-refractivity contribution in [2.24, 2.45) is 35.3 Å². The van der Waals surface area contributed by atoms with Crippen LogP contribution in [0.4, 0.5) is 4.39 Å². The van der Waals surface area contributed by atoms with Crippen LogP contribution in [0.1, 0.15) is 38.3 Å². The van der Waals surface area contributed by atoms with Crippen LogP contribution in [-0.2, 0) is 9.53 Å². The smallest absolute Gasteiger partial charge is 0.309 e. The second kappa shape index (κ2) is 8.19. The monoisotopic (exact) mass is 420 g/mol. The molecule has 2 aromatic rings. The molecule has 0 radical (unpaired) electrons. The molecule has 7 atom stereocenters. The Labute approximate surface area is 182 Å². The van der Waals surface area contributed by atoms with Crippen LogP contribution in [0.2, 0.25) is 0 Å². The molecule has 3 fully saturated rings. The van der Waals surface area contributed by atoms with Crippen LogP contribution in [0.5, 0.6) is 0 Å². The number of benzene rings is 1. The van der Waals surface area contributed by atoms with E-state index in [1.165, 1.54) is 12.1 Å². The highest BCUT2D eigenvalue weighted by Gasteiger charge is 2.54. The Hall–Kier alpha value is -2.53. The van der Waals surface area contributed by atoms with Crippen LogP contribution in [0.25, 0.3) is 17.2 Å². The van der Waals surface area contributed by atoms with Gasteiger partial charge in [0.25, 0.3) is 0 Å². The van der Waals surface area contributed by atoms with E-state index in [9.17, 15) is 9.18 Å². The van der Waals surface area contributed by atoms with Gasteiger partial charge in [0.15, 0.2) is 0 Å². The number of fused-ring (bicyclic) bond motifs is 2. The van der Waals surface area contributed by atoms with Crippen molar-refractivity contribution in [2.75, 3.05) is 0 Å². The molecule has 1 aromatic heterocycles. The largest absolute Gasteiger partial charge is 0.462 e. The number of cyclic esters (lactones) is 1. The van der Waals surface area contributed by atoms with Gasteiger partial charge in [0, 0.05) is 23.7 Å². The Balaban J connectivity index is 1.39. The number of allylic oxidation sites excluding steroid dienone is 1. The Morgan fingerprint density at radius 1 is 1.16 bits per heavy atom. The molecule has 0 spiro atoms. The van der Waals surface area contributed by atoms with Crippen LogP contribution < -0.4 is 5.73 Å². The third kappa shape index (κ3) is 3.91. The summed E-state index contributed by atoms with van der Waals surface area (Å²) in [6.07, 6.45) is 10.1. The molecule has 2 aliphatic carbocycles. The summed E-state index contributed by atoms with van der Waals surface area (Å²) < 4.78 is 19.2. The molecule has 0 bridgehead atoms. The van der Waals surface area contributed by atoms with Crippen LogP contribution in [-0.4, -0.2) is 23.1 Å². The quantitative estimate of drug-likeness (QED) is 0.722. The summed E-state index contributed by atoms with van der Waals surface area (Å²) in [5, 5.41) is 0. The highest BCUT2D eigenvalue weighted by Crippen LogP contribution is 2.53. The molecule has 1 unspecified atom stereocenters. The zero-order chi connectivity index (χ0) is 21.5. The van der Waals surface area contributed by atoms with E-state index in [1.807, 2.05) is 25.1 Å². The summed E-state index contributed by atoms with van der Waals surface area (Å²) in [4.78, 5) is 17.1. The predicted molar refractivity (Wildman–Crippen MR) is 118 cm³/mol. The normalized spacial score (nSPS) is 34.9. The van der Waals surface area contributed by atoms with E-state index >= 15 is 0 Å². The summed E-state index contributed by atoms with van der Waals surface area (Å²) in [5.41, 5.74) is 8.82. The predicted octanol–water partition coefficient (Wildman–Crippen LogP) is 4.84. The minimum absolute atomic E-state index is 0.0143. The first kappa shape index (κ1) is 20.4. The highest BCUT2D eigenvalue weighted by molar-refractivity contribution is 5.75. The number of hydrogen-bond acceptors (Lipinski definition) is 4. The van der Waals surface area contributed by atoms with Crippen molar-refractivity contribution in [3.8, 4) is 11.1 Å². The lowest BCUT2D eigenvalue weighted by atomic mass is 9.57. The van der Waals surface area contributed by atoms with E-state index < -0.39 is 0 Å². The number of rotatable bonds is 3. The molecule has 3 aliphatic rings. The summed E-state index contributed by atoms with van der Waals surface area (Å²) >= 11 is 0. The first-order chi connectivity index (χ1) is 15.0. The molecular weight excluding hydrogens is 391 g/mol. The number of esters is 1. The molecule has 1 aromatic carbocycles. The summed E-state index contributed by atoms with van der Waals surface area (Å²) in [6, 6.07) is 10.7. The topological polar surface area (TPSA) is 65.2 Å². The van der Waals surface area contributed by atoms with E-state index in [2.05, 4.69) is 17.1 Å². The third-order valence-corrected chi connectivity index (χ3v) is 7.62. The van der Waals surface area contributed by atoms with Gasteiger partial charge in [-0.2, -0.15) is 0 Å². The molecule has 2 heterocycles. The van der Waals surface area contributed by atoms with Gasteiger partial charge in [-0.05, 0) is 80.2 Å². The van der Waals surface area contributed by atoms with Gasteiger partial charge in [0.1, 0.15) is 11.9 Å². The molecule has 2 saturated carbocycles. The molecular formula is C26H29FN2O2. The summed E-state index contributed by atoms with van der Waals surface area (Å²) in [6.45, 7) is 2.03. The van der Waals surface area contributed by atoms with Crippen molar-refractivity contribution in [1.82, 2.24) is 4.98 Å². The maximum absolute atomic E-state index is 13.5. The van der Waals surface area contributed by atoms with Gasteiger partial charge < -0.3 is 10.5 Å². The van der Waals surface area contributed by atoms with Gasteiger partial charge in [-0.25, -0.2) is 4.39 Å². The van der Waals surface area contributed by atoms with Crippen LogP contribution in [0.15, 0.2) is 48.7 Å². The number of carbonyl (C=O) groups excluding carboxylic acids is 1. The van der Waals surface area contributed by atoms with Gasteiger partial charge in [0.2, 0.25) is 0 Å². The van der Waals surface area contributed by atoms with E-state index in [4.69, 9.17) is 10.5 Å². The molecule has 162 valence electrons. The lowest BCUT2D eigenvalue weighted by molar-refractivity contribution is -0.144. The Morgan fingerprint density at radius 3 is 2.81 bits per heavy atom. The molecule has 5 heteroatoms. The lowest BCUT2D eigenvalue weighted by Gasteiger charge is -2.47. The van der Waals surface area contributed by atoms with Crippen molar-refractivity contribution >= 4 is 12.0 Å². The number of carbonyl (C=O) groups is 1. The molecule has 0 amide bonds. The zero-order valence-electron chi connectivity index (χ0n) is 17.8. The first-order valence-corrected chi connectivity index (χ1v) is 11.4. The zero-order valence-corrected chi connectivity index (χ0v) is 17.8. The average Bonchev–Trinajstić information content (AvgIpc) is 3.04. The minimum Gasteiger partial charge on any atom is -0.462 e. The Morgan fingerprint density at radius 2 is 2.03 bits per heavy atom. The molecule has 2 N–H and O–H groups in total. The standard InChI is InChI=1S/C26H29FN2O2/c1-15-25-23(22-9-6-20(28)12-18(22)13-24(25)26(30)31-15)10-8-21-7-5-17(14-29-21)16-3-2-4-19(27)11-16/h2-5,7-8,10-11,14-15,18,20,22-25H,6,9,12-13,28H2,1H3/b10-8+/t15-,18+,20-,22?,23+,24-,25+/m1/s1. The van der Waals surface area contributed by atoms with Gasteiger partial charge >= 0.3 is 5.97 Å². The third-order valence-electron chi connectivity index (χ3n) is 7.62. The fraction of sp³-hybridized carbons (Fsp3) is 0.462. The second-order valence-electron chi connectivity index (χ2n) is 9.48. The SMILES string of the molecule is C[C@H]1OC(=O)[C@@H]2C[C@@H]3C[C@H](N)CCC3[C@H](/C=C/c3ccc(-c4cccc(F)c4)cn3)[C@H]12. The first-order valence-electron chi connectivity index (χ1n) is 11.4. The number of nitrogens with two attached hydrogens (primary N) is 1. The molecule has 1 aliphatic heterocycles.